The Morgan fingerprint density at radius 3 is 2.90 bits per heavy atom. The second kappa shape index (κ2) is 5.95. The van der Waals surface area contributed by atoms with E-state index in [9.17, 15) is 14.9 Å². The van der Waals surface area contributed by atoms with Gasteiger partial charge in [-0.3, -0.25) is 15.1 Å². The number of H-pyrrole nitrogens is 2. The molecule has 0 amide bonds. The molecule has 0 unspecified atom stereocenters. The Balaban J connectivity index is 1.85. The lowest BCUT2D eigenvalue weighted by Crippen LogP contribution is -2.07. The third-order valence-corrected chi connectivity index (χ3v) is 2.71. The van der Waals surface area contributed by atoms with Crippen LogP contribution in [-0.2, 0) is 6.42 Å². The van der Waals surface area contributed by atoms with Gasteiger partial charge in [-0.05, 0) is 18.9 Å². The number of rotatable bonds is 6. The molecule has 20 heavy (non-hydrogen) atoms. The summed E-state index contributed by atoms with van der Waals surface area (Å²) in [5.74, 6) is 1.22. The molecular formula is C11H14N6O3. The van der Waals surface area contributed by atoms with Crippen molar-refractivity contribution in [2.24, 2.45) is 0 Å². The summed E-state index contributed by atoms with van der Waals surface area (Å²) in [5, 5.41) is 19.8. The largest absolute Gasteiger partial charge is 0.370 e. The second-order valence-corrected chi connectivity index (χ2v) is 4.27. The molecule has 0 bridgehead atoms. The van der Waals surface area contributed by atoms with Crippen molar-refractivity contribution in [3.8, 4) is 0 Å². The van der Waals surface area contributed by atoms with E-state index in [4.69, 9.17) is 0 Å². The molecule has 0 aliphatic heterocycles. The van der Waals surface area contributed by atoms with Crippen LogP contribution in [0, 0.1) is 17.0 Å². The Morgan fingerprint density at radius 2 is 2.30 bits per heavy atom. The maximum absolute atomic E-state index is 10.8. The Bertz CT molecular complexity index is 662. The van der Waals surface area contributed by atoms with Gasteiger partial charge >= 0.3 is 5.69 Å². The highest BCUT2D eigenvalue weighted by Crippen LogP contribution is 2.17. The fraction of sp³-hybridized carbons (Fsp3) is 0.364. The first-order chi connectivity index (χ1) is 9.56. The van der Waals surface area contributed by atoms with Gasteiger partial charge in [-0.15, -0.1) is 0 Å². The highest BCUT2D eigenvalue weighted by atomic mass is 16.6. The second-order valence-electron chi connectivity index (χ2n) is 4.27. The molecule has 2 aromatic rings. The monoisotopic (exact) mass is 278 g/mol. The fourth-order valence-electron chi connectivity index (χ4n) is 1.73. The van der Waals surface area contributed by atoms with Gasteiger partial charge in [-0.1, -0.05) is 0 Å². The zero-order valence-electron chi connectivity index (χ0n) is 10.8. The van der Waals surface area contributed by atoms with Gasteiger partial charge in [-0.25, -0.2) is 14.9 Å². The molecular weight excluding hydrogens is 264 g/mol. The van der Waals surface area contributed by atoms with E-state index in [-0.39, 0.29) is 11.4 Å². The molecule has 2 aromatic heterocycles. The van der Waals surface area contributed by atoms with Crippen LogP contribution in [0.4, 0.5) is 11.5 Å². The van der Waals surface area contributed by atoms with Crippen molar-refractivity contribution < 1.29 is 4.92 Å². The van der Waals surface area contributed by atoms with Crippen LogP contribution in [0.15, 0.2) is 17.1 Å². The van der Waals surface area contributed by atoms with Crippen molar-refractivity contribution >= 4 is 11.5 Å². The molecule has 0 radical (unpaired) electrons. The number of nitro groups is 1. The van der Waals surface area contributed by atoms with E-state index in [0.717, 1.165) is 6.42 Å². The minimum atomic E-state index is -0.475. The van der Waals surface area contributed by atoms with Gasteiger partial charge in [0, 0.05) is 19.0 Å². The summed E-state index contributed by atoms with van der Waals surface area (Å²) in [4.78, 5) is 27.5. The van der Waals surface area contributed by atoms with Gasteiger partial charge in [0.25, 0.3) is 5.69 Å². The summed E-state index contributed by atoms with van der Waals surface area (Å²) < 4.78 is 0. The summed E-state index contributed by atoms with van der Waals surface area (Å²) in [5.41, 5.74) is 0.371. The first-order valence-electron chi connectivity index (χ1n) is 6.05. The number of nitrogens with zero attached hydrogens (tertiary/aromatic N) is 3. The topological polar surface area (TPSA) is 130 Å². The first-order valence-corrected chi connectivity index (χ1v) is 6.05. The molecule has 9 heteroatoms. The van der Waals surface area contributed by atoms with Crippen molar-refractivity contribution in [1.29, 1.82) is 0 Å². The molecule has 0 saturated heterocycles. The Kier molecular flexibility index (Phi) is 4.08. The summed E-state index contributed by atoms with van der Waals surface area (Å²) in [6.07, 6.45) is 2.59. The lowest BCUT2D eigenvalue weighted by molar-refractivity contribution is -0.385. The first kappa shape index (κ1) is 13.7. The van der Waals surface area contributed by atoms with Crippen molar-refractivity contribution in [3.63, 3.8) is 0 Å². The molecule has 9 nitrogen and oxygen atoms in total. The average Bonchev–Trinajstić information content (AvgIpc) is 2.81. The Morgan fingerprint density at radius 1 is 1.50 bits per heavy atom. The fourth-order valence-corrected chi connectivity index (χ4v) is 1.73. The van der Waals surface area contributed by atoms with Crippen LogP contribution < -0.4 is 11.0 Å². The van der Waals surface area contributed by atoms with Gasteiger partial charge < -0.3 is 5.32 Å². The van der Waals surface area contributed by atoms with Gasteiger partial charge in [0.05, 0.1) is 4.92 Å². The molecule has 0 saturated carbocycles. The zero-order chi connectivity index (χ0) is 14.5. The number of anilines is 1. The summed E-state index contributed by atoms with van der Waals surface area (Å²) in [6, 6.07) is 1.47. The normalized spacial score (nSPS) is 10.4. The lowest BCUT2D eigenvalue weighted by Gasteiger charge is -2.07. The quantitative estimate of drug-likeness (QED) is 0.406. The molecule has 106 valence electrons. The molecule has 2 heterocycles. The number of pyridine rings is 1. The average molecular weight is 278 g/mol. The van der Waals surface area contributed by atoms with Gasteiger partial charge in [0.1, 0.15) is 17.8 Å². The van der Waals surface area contributed by atoms with E-state index in [2.05, 4.69) is 25.5 Å². The van der Waals surface area contributed by atoms with E-state index >= 15 is 0 Å². The SMILES string of the molecule is Cc1cc([N+](=O)[O-])cnc1NCCCc1n[nH]c(=O)[nH]1. The Hall–Kier alpha value is -2.71. The van der Waals surface area contributed by atoms with Gasteiger partial charge in [0.15, 0.2) is 0 Å². The highest BCUT2D eigenvalue weighted by Gasteiger charge is 2.09. The minimum absolute atomic E-state index is 0.0258. The molecule has 0 aromatic carbocycles. The van der Waals surface area contributed by atoms with Crippen LogP contribution in [0.2, 0.25) is 0 Å². The number of nitrogens with one attached hydrogen (secondary N) is 3. The van der Waals surface area contributed by atoms with Gasteiger partial charge in [0.2, 0.25) is 0 Å². The number of hydrogen-bond donors (Lipinski definition) is 3. The predicted molar refractivity (Wildman–Crippen MR) is 71.6 cm³/mol. The highest BCUT2D eigenvalue weighted by molar-refractivity contribution is 5.48. The van der Waals surface area contributed by atoms with Crippen LogP contribution in [-0.4, -0.2) is 31.6 Å². The molecule has 0 fully saturated rings. The minimum Gasteiger partial charge on any atom is -0.370 e. The Labute approximate surface area is 113 Å². The smallest absolute Gasteiger partial charge is 0.340 e. The van der Waals surface area contributed by atoms with Crippen LogP contribution in [0.5, 0.6) is 0 Å². The van der Waals surface area contributed by atoms with E-state index in [1.165, 1.54) is 12.3 Å². The number of aromatic amines is 2. The van der Waals surface area contributed by atoms with Crippen molar-refractivity contribution in [2.75, 3.05) is 11.9 Å². The third-order valence-electron chi connectivity index (χ3n) is 2.71. The summed E-state index contributed by atoms with van der Waals surface area (Å²) >= 11 is 0. The molecule has 0 aliphatic rings. The van der Waals surface area contributed by atoms with Crippen LogP contribution in [0.1, 0.15) is 17.8 Å². The van der Waals surface area contributed by atoms with Crippen LogP contribution in [0.3, 0.4) is 0 Å². The number of aromatic nitrogens is 4. The van der Waals surface area contributed by atoms with E-state index in [0.29, 0.717) is 30.2 Å². The third kappa shape index (κ3) is 3.40. The van der Waals surface area contributed by atoms with Crippen LogP contribution >= 0.6 is 0 Å². The predicted octanol–water partition coefficient (Wildman–Crippen LogP) is 0.754. The van der Waals surface area contributed by atoms with Crippen molar-refractivity contribution in [2.45, 2.75) is 19.8 Å². The summed E-state index contributed by atoms with van der Waals surface area (Å²) in [6.45, 7) is 2.38. The standard InChI is InChI=1S/C11H14N6O3/c1-7-5-8(17(19)20)6-13-10(7)12-4-2-3-9-14-11(18)16-15-9/h5-6H,2-4H2,1H3,(H,12,13)(H2,14,15,16,18). The van der Waals surface area contributed by atoms with Crippen molar-refractivity contribution in [3.05, 3.63) is 44.2 Å². The van der Waals surface area contributed by atoms with Gasteiger partial charge in [-0.2, -0.15) is 5.10 Å². The maximum Gasteiger partial charge on any atom is 0.340 e. The van der Waals surface area contributed by atoms with E-state index < -0.39 is 4.92 Å². The van der Waals surface area contributed by atoms with E-state index in [1.54, 1.807) is 6.92 Å². The lowest BCUT2D eigenvalue weighted by atomic mass is 10.2. The molecule has 3 N–H and O–H groups in total. The molecule has 0 atom stereocenters. The molecule has 0 aliphatic carbocycles. The van der Waals surface area contributed by atoms with E-state index in [1.807, 2.05) is 0 Å². The number of aryl methyl sites for hydroxylation is 2. The molecule has 0 spiro atoms. The van der Waals surface area contributed by atoms with Crippen molar-refractivity contribution in [1.82, 2.24) is 20.2 Å². The maximum atomic E-state index is 10.8. The zero-order valence-corrected chi connectivity index (χ0v) is 10.8. The number of hydrogen-bond acceptors (Lipinski definition) is 6. The van der Waals surface area contributed by atoms with Crippen LogP contribution in [0.25, 0.3) is 0 Å². The summed E-state index contributed by atoms with van der Waals surface area (Å²) in [7, 11) is 0. The molecule has 2 rings (SSSR count).